The van der Waals surface area contributed by atoms with Crippen molar-refractivity contribution >= 4 is 27.5 Å². The fourth-order valence-corrected chi connectivity index (χ4v) is 4.55. The predicted molar refractivity (Wildman–Crippen MR) is 99.9 cm³/mol. The fourth-order valence-electron chi connectivity index (χ4n) is 2.95. The molecule has 8 heteroatoms. The zero-order valence-electron chi connectivity index (χ0n) is 15.0. The number of aryl methyl sites for hydroxylation is 1. The van der Waals surface area contributed by atoms with Gasteiger partial charge in [0.2, 0.25) is 11.8 Å². The lowest BCUT2D eigenvalue weighted by Gasteiger charge is -2.23. The Hall–Kier alpha value is -2.87. The minimum absolute atomic E-state index is 0.00128. The Morgan fingerprint density at radius 3 is 2.56 bits per heavy atom. The van der Waals surface area contributed by atoms with E-state index in [1.54, 1.807) is 36.4 Å². The molecule has 0 spiro atoms. The number of sulfonamides is 1. The molecule has 0 unspecified atom stereocenters. The first-order valence-corrected chi connectivity index (χ1v) is 9.86. The largest absolute Gasteiger partial charge is 0.497 e. The SMILES string of the molecule is COc1cccc(NC(=O)[C@H]2CCC(=O)N2S(=O)(=O)c2ccc(C)cc2)c1. The van der Waals surface area contributed by atoms with Gasteiger partial charge < -0.3 is 10.1 Å². The average Bonchev–Trinajstić information content (AvgIpc) is 3.05. The first-order chi connectivity index (χ1) is 12.8. The van der Waals surface area contributed by atoms with Crippen molar-refractivity contribution in [3.8, 4) is 5.75 Å². The summed E-state index contributed by atoms with van der Waals surface area (Å²) in [7, 11) is -2.60. The lowest BCUT2D eigenvalue weighted by Crippen LogP contribution is -2.45. The zero-order valence-corrected chi connectivity index (χ0v) is 15.8. The minimum atomic E-state index is -4.11. The molecule has 1 saturated heterocycles. The third-order valence-electron chi connectivity index (χ3n) is 4.38. The molecule has 1 aliphatic heterocycles. The van der Waals surface area contributed by atoms with E-state index < -0.39 is 27.9 Å². The van der Waals surface area contributed by atoms with Gasteiger partial charge in [0.1, 0.15) is 11.8 Å². The van der Waals surface area contributed by atoms with Crippen LogP contribution in [-0.2, 0) is 19.6 Å². The van der Waals surface area contributed by atoms with Crippen molar-refractivity contribution < 1.29 is 22.7 Å². The third kappa shape index (κ3) is 3.80. The van der Waals surface area contributed by atoms with Gasteiger partial charge in [-0.3, -0.25) is 9.59 Å². The average molecular weight is 388 g/mol. The number of hydrogen-bond acceptors (Lipinski definition) is 5. The highest BCUT2D eigenvalue weighted by Crippen LogP contribution is 2.28. The van der Waals surface area contributed by atoms with Crippen molar-refractivity contribution in [2.24, 2.45) is 0 Å². The van der Waals surface area contributed by atoms with Crippen molar-refractivity contribution in [3.63, 3.8) is 0 Å². The van der Waals surface area contributed by atoms with E-state index in [1.165, 1.54) is 19.2 Å². The topological polar surface area (TPSA) is 92.8 Å². The van der Waals surface area contributed by atoms with Gasteiger partial charge >= 0.3 is 0 Å². The van der Waals surface area contributed by atoms with E-state index in [9.17, 15) is 18.0 Å². The molecule has 3 rings (SSSR count). The first kappa shape index (κ1) is 18.9. The standard InChI is InChI=1S/C19H20N2O5S/c1-13-6-8-16(9-7-13)27(24,25)21-17(10-11-18(21)22)19(23)20-14-4-3-5-15(12-14)26-2/h3-9,12,17H,10-11H2,1-2H3,(H,20,23)/t17-/m1/s1. The molecule has 2 amide bonds. The van der Waals surface area contributed by atoms with E-state index in [1.807, 2.05) is 6.92 Å². The number of anilines is 1. The van der Waals surface area contributed by atoms with E-state index >= 15 is 0 Å². The van der Waals surface area contributed by atoms with Crippen LogP contribution in [0.3, 0.4) is 0 Å². The fraction of sp³-hybridized carbons (Fsp3) is 0.263. The summed E-state index contributed by atoms with van der Waals surface area (Å²) in [6.07, 6.45) is 0.140. The highest BCUT2D eigenvalue weighted by molar-refractivity contribution is 7.89. The Kier molecular flexibility index (Phi) is 5.18. The molecule has 0 bridgehead atoms. The lowest BCUT2D eigenvalue weighted by atomic mass is 10.2. The van der Waals surface area contributed by atoms with Crippen molar-refractivity contribution in [2.75, 3.05) is 12.4 Å². The molecule has 1 N–H and O–H groups in total. The minimum Gasteiger partial charge on any atom is -0.497 e. The molecule has 0 saturated carbocycles. The van der Waals surface area contributed by atoms with Crippen LogP contribution in [0.1, 0.15) is 18.4 Å². The monoisotopic (exact) mass is 388 g/mol. The molecule has 2 aromatic carbocycles. The maximum atomic E-state index is 12.9. The molecule has 142 valence electrons. The Labute approximate surface area is 158 Å². The highest BCUT2D eigenvalue weighted by Gasteiger charge is 2.44. The molecule has 7 nitrogen and oxygen atoms in total. The quantitative estimate of drug-likeness (QED) is 0.849. The van der Waals surface area contributed by atoms with E-state index in [2.05, 4.69) is 5.32 Å². The number of methoxy groups -OCH3 is 1. The van der Waals surface area contributed by atoms with E-state index in [0.29, 0.717) is 15.7 Å². The molecular formula is C19H20N2O5S. The summed E-state index contributed by atoms with van der Waals surface area (Å²) in [5.74, 6) is -0.578. The Morgan fingerprint density at radius 2 is 1.89 bits per heavy atom. The first-order valence-electron chi connectivity index (χ1n) is 8.42. The highest BCUT2D eigenvalue weighted by atomic mass is 32.2. The van der Waals surface area contributed by atoms with Crippen molar-refractivity contribution in [3.05, 3.63) is 54.1 Å². The Balaban J connectivity index is 1.87. The molecule has 0 aliphatic carbocycles. The van der Waals surface area contributed by atoms with Crippen molar-refractivity contribution in [1.29, 1.82) is 0 Å². The van der Waals surface area contributed by atoms with Crippen LogP contribution in [0.5, 0.6) is 5.75 Å². The second-order valence-corrected chi connectivity index (χ2v) is 8.10. The molecule has 0 radical (unpaired) electrons. The molecule has 1 fully saturated rings. The van der Waals surface area contributed by atoms with Crippen LogP contribution in [0, 0.1) is 6.92 Å². The van der Waals surface area contributed by atoms with Gasteiger partial charge in [0.05, 0.1) is 12.0 Å². The van der Waals surface area contributed by atoms with Crippen molar-refractivity contribution in [1.82, 2.24) is 4.31 Å². The molecular weight excluding hydrogens is 368 g/mol. The third-order valence-corrected chi connectivity index (χ3v) is 6.22. The second-order valence-electron chi connectivity index (χ2n) is 6.28. The van der Waals surface area contributed by atoms with Gasteiger partial charge in [-0.05, 0) is 37.6 Å². The van der Waals surface area contributed by atoms with Crippen LogP contribution in [0.2, 0.25) is 0 Å². The number of rotatable bonds is 5. The smallest absolute Gasteiger partial charge is 0.267 e. The second kappa shape index (κ2) is 7.40. The molecule has 1 aliphatic rings. The van der Waals surface area contributed by atoms with E-state index in [-0.39, 0.29) is 17.7 Å². The summed E-state index contributed by atoms with van der Waals surface area (Å²) in [4.78, 5) is 25.0. The normalized spacial score (nSPS) is 17.0. The van der Waals surface area contributed by atoms with Crippen LogP contribution in [0.25, 0.3) is 0 Å². The molecule has 0 aromatic heterocycles. The number of benzene rings is 2. The van der Waals surface area contributed by atoms with Gasteiger partial charge in [-0.1, -0.05) is 23.8 Å². The lowest BCUT2D eigenvalue weighted by molar-refractivity contribution is -0.128. The number of nitrogens with zero attached hydrogens (tertiary/aromatic N) is 1. The van der Waals surface area contributed by atoms with Crippen LogP contribution >= 0.6 is 0 Å². The number of ether oxygens (including phenoxy) is 1. The van der Waals surface area contributed by atoms with E-state index in [4.69, 9.17) is 4.74 Å². The van der Waals surface area contributed by atoms with Crippen LogP contribution < -0.4 is 10.1 Å². The van der Waals surface area contributed by atoms with Gasteiger partial charge in [-0.2, -0.15) is 0 Å². The number of amides is 2. The molecule has 1 heterocycles. The van der Waals surface area contributed by atoms with Gasteiger partial charge in [-0.25, -0.2) is 12.7 Å². The summed E-state index contributed by atoms with van der Waals surface area (Å²) in [5.41, 5.74) is 1.36. The van der Waals surface area contributed by atoms with Crippen molar-refractivity contribution in [2.45, 2.75) is 30.7 Å². The number of carbonyl (C=O) groups excluding carboxylic acids is 2. The van der Waals surface area contributed by atoms with Crippen LogP contribution in [0.4, 0.5) is 5.69 Å². The van der Waals surface area contributed by atoms with Gasteiger partial charge in [0, 0.05) is 18.2 Å². The maximum Gasteiger partial charge on any atom is 0.267 e. The zero-order chi connectivity index (χ0) is 19.6. The summed E-state index contributed by atoms with van der Waals surface area (Å²) in [6, 6.07) is 11.8. The molecule has 1 atom stereocenters. The molecule has 2 aromatic rings. The summed E-state index contributed by atoms with van der Waals surface area (Å²) >= 11 is 0. The van der Waals surface area contributed by atoms with Crippen LogP contribution in [-0.4, -0.2) is 37.7 Å². The summed E-state index contributed by atoms with van der Waals surface area (Å²) < 4.78 is 31.7. The van der Waals surface area contributed by atoms with Crippen LogP contribution in [0.15, 0.2) is 53.4 Å². The van der Waals surface area contributed by atoms with E-state index in [0.717, 1.165) is 5.56 Å². The Bertz CT molecular complexity index is 970. The number of hydrogen-bond donors (Lipinski definition) is 1. The Morgan fingerprint density at radius 1 is 1.19 bits per heavy atom. The van der Waals surface area contributed by atoms with Gasteiger partial charge in [0.25, 0.3) is 10.0 Å². The summed E-state index contributed by atoms with van der Waals surface area (Å²) in [6.45, 7) is 1.84. The number of nitrogens with one attached hydrogen (secondary N) is 1. The predicted octanol–water partition coefficient (Wildman–Crippen LogP) is 2.32. The maximum absolute atomic E-state index is 12.9. The summed E-state index contributed by atoms with van der Waals surface area (Å²) in [5, 5.41) is 2.66. The van der Waals surface area contributed by atoms with Gasteiger partial charge in [0.15, 0.2) is 0 Å². The molecule has 27 heavy (non-hydrogen) atoms. The number of carbonyl (C=O) groups is 2. The van der Waals surface area contributed by atoms with Gasteiger partial charge in [-0.15, -0.1) is 0 Å².